The molecule has 2 aromatic carbocycles. The molecule has 0 aromatic heterocycles. The van der Waals surface area contributed by atoms with Gasteiger partial charge in [-0.25, -0.2) is 0 Å². The first-order chi connectivity index (χ1) is 12.5. The summed E-state index contributed by atoms with van der Waals surface area (Å²) in [7, 11) is 1.61. The molecule has 138 valence electrons. The van der Waals surface area contributed by atoms with E-state index < -0.39 is 12.1 Å². The molecule has 0 aliphatic rings. The first-order valence-corrected chi connectivity index (χ1v) is 8.99. The normalized spacial score (nSPS) is 12.6. The van der Waals surface area contributed by atoms with Crippen molar-refractivity contribution in [2.75, 3.05) is 18.3 Å². The molecule has 0 saturated carbocycles. The first kappa shape index (κ1) is 20.0. The number of hydrogen-bond donors (Lipinski definition) is 2. The number of esters is 1. The highest BCUT2D eigenvalue weighted by atomic mass is 35.5. The van der Waals surface area contributed by atoms with Gasteiger partial charge in [0.15, 0.2) is 5.11 Å². The van der Waals surface area contributed by atoms with Crippen molar-refractivity contribution in [1.29, 1.82) is 0 Å². The van der Waals surface area contributed by atoms with Crippen molar-refractivity contribution in [3.8, 4) is 5.75 Å². The Morgan fingerprint density at radius 1 is 1.15 bits per heavy atom. The Hall–Kier alpha value is -2.31. The summed E-state index contributed by atoms with van der Waals surface area (Å²) < 4.78 is 10.6. The van der Waals surface area contributed by atoms with Gasteiger partial charge < -0.3 is 20.1 Å². The monoisotopic (exact) mass is 392 g/mol. The van der Waals surface area contributed by atoms with Gasteiger partial charge in [-0.2, -0.15) is 0 Å². The van der Waals surface area contributed by atoms with Gasteiger partial charge in [-0.15, -0.1) is 11.6 Å². The number of thiocarbonyl (C=S) groups is 1. The molecule has 0 saturated heterocycles. The number of methoxy groups -OCH3 is 1. The lowest BCUT2D eigenvalue weighted by molar-refractivity contribution is -0.147. The van der Waals surface area contributed by atoms with Crippen LogP contribution in [0.1, 0.15) is 18.6 Å². The van der Waals surface area contributed by atoms with Crippen LogP contribution in [-0.4, -0.2) is 30.1 Å². The van der Waals surface area contributed by atoms with Gasteiger partial charge in [0.05, 0.1) is 13.2 Å². The third kappa shape index (κ3) is 5.89. The van der Waals surface area contributed by atoms with Crippen LogP contribution in [0.25, 0.3) is 0 Å². The van der Waals surface area contributed by atoms with Gasteiger partial charge in [0.2, 0.25) is 0 Å². The van der Waals surface area contributed by atoms with Crippen molar-refractivity contribution in [1.82, 2.24) is 5.32 Å². The maximum atomic E-state index is 11.7. The van der Waals surface area contributed by atoms with E-state index in [2.05, 4.69) is 10.6 Å². The van der Waals surface area contributed by atoms with Crippen LogP contribution in [-0.2, 0) is 9.53 Å². The van der Waals surface area contributed by atoms with Crippen molar-refractivity contribution in [2.45, 2.75) is 19.1 Å². The number of alkyl halides is 1. The van der Waals surface area contributed by atoms with Crippen LogP contribution >= 0.6 is 23.8 Å². The van der Waals surface area contributed by atoms with Crippen molar-refractivity contribution in [3.05, 3.63) is 60.2 Å². The average molecular weight is 393 g/mol. The van der Waals surface area contributed by atoms with E-state index in [9.17, 15) is 4.79 Å². The highest BCUT2D eigenvalue weighted by Gasteiger charge is 2.24. The molecular formula is C19H21ClN2O3S. The predicted molar refractivity (Wildman–Crippen MR) is 108 cm³/mol. The van der Waals surface area contributed by atoms with Crippen LogP contribution in [0.4, 0.5) is 5.69 Å². The predicted octanol–water partition coefficient (Wildman–Crippen LogP) is 3.89. The fraction of sp³-hybridized carbons (Fsp3) is 0.263. The van der Waals surface area contributed by atoms with E-state index >= 15 is 0 Å². The van der Waals surface area contributed by atoms with Crippen LogP contribution in [0, 0.1) is 0 Å². The Morgan fingerprint density at radius 2 is 1.81 bits per heavy atom. The van der Waals surface area contributed by atoms with Crippen molar-refractivity contribution in [2.24, 2.45) is 0 Å². The largest absolute Gasteiger partial charge is 0.497 e. The summed E-state index contributed by atoms with van der Waals surface area (Å²) in [6, 6.07) is 16.6. The Kier molecular flexibility index (Phi) is 7.69. The van der Waals surface area contributed by atoms with Crippen molar-refractivity contribution in [3.63, 3.8) is 0 Å². The average Bonchev–Trinajstić information content (AvgIpc) is 2.66. The summed E-state index contributed by atoms with van der Waals surface area (Å²) in [5, 5.41) is 6.67. The zero-order chi connectivity index (χ0) is 18.9. The molecule has 7 heteroatoms. The fourth-order valence-electron chi connectivity index (χ4n) is 2.40. The smallest absolute Gasteiger partial charge is 0.321 e. The molecule has 2 aromatic rings. The molecular weight excluding hydrogens is 372 g/mol. The Bertz CT molecular complexity index is 725. The number of rotatable bonds is 7. The van der Waals surface area contributed by atoms with Crippen molar-refractivity contribution >= 4 is 40.6 Å². The van der Waals surface area contributed by atoms with E-state index in [0.29, 0.717) is 5.11 Å². The van der Waals surface area contributed by atoms with Crippen LogP contribution in [0.5, 0.6) is 5.75 Å². The Morgan fingerprint density at radius 3 is 2.38 bits per heavy atom. The van der Waals surface area contributed by atoms with E-state index in [4.69, 9.17) is 33.3 Å². The van der Waals surface area contributed by atoms with Gasteiger partial charge in [-0.05, 0) is 49.0 Å². The second-order valence-corrected chi connectivity index (χ2v) is 6.25. The summed E-state index contributed by atoms with van der Waals surface area (Å²) in [5.74, 6) is 0.0769. The molecule has 0 spiro atoms. The van der Waals surface area contributed by atoms with Gasteiger partial charge in [0.25, 0.3) is 0 Å². The summed E-state index contributed by atoms with van der Waals surface area (Å²) in [4.78, 5) is 11.7. The summed E-state index contributed by atoms with van der Waals surface area (Å²) in [6.07, 6.45) is -0.516. The summed E-state index contributed by atoms with van der Waals surface area (Å²) >= 11 is 10.9. The molecule has 26 heavy (non-hydrogen) atoms. The standard InChI is InChI=1S/C19H21ClN2O3S/c1-13(18(25-17(23)12-20)14-6-4-3-5-7-14)21-19(26)22-15-8-10-16(24-2)11-9-15/h3-11,13,18H,12H2,1-2H3,(H2,21,22,26). The lowest BCUT2D eigenvalue weighted by Gasteiger charge is -2.26. The Labute approximate surface area is 163 Å². The van der Waals surface area contributed by atoms with Crippen molar-refractivity contribution < 1.29 is 14.3 Å². The molecule has 5 nitrogen and oxygen atoms in total. The van der Waals surface area contributed by atoms with Gasteiger partial charge in [0, 0.05) is 5.69 Å². The molecule has 0 amide bonds. The zero-order valence-corrected chi connectivity index (χ0v) is 16.1. The maximum absolute atomic E-state index is 11.7. The van der Waals surface area contributed by atoms with Gasteiger partial charge >= 0.3 is 5.97 Å². The minimum absolute atomic E-state index is 0.204. The van der Waals surface area contributed by atoms with Crippen LogP contribution < -0.4 is 15.4 Å². The van der Waals surface area contributed by atoms with Gasteiger partial charge in [-0.1, -0.05) is 30.3 Å². The summed E-state index contributed by atoms with van der Waals surface area (Å²) in [5.41, 5.74) is 1.68. The topological polar surface area (TPSA) is 59.6 Å². The highest BCUT2D eigenvalue weighted by Crippen LogP contribution is 2.22. The second-order valence-electron chi connectivity index (χ2n) is 5.57. The van der Waals surface area contributed by atoms with Gasteiger partial charge in [0.1, 0.15) is 17.7 Å². The number of carbonyl (C=O) groups is 1. The number of benzene rings is 2. The molecule has 0 heterocycles. The van der Waals surface area contributed by atoms with E-state index in [-0.39, 0.29) is 11.9 Å². The number of carbonyl (C=O) groups excluding carboxylic acids is 1. The van der Waals surface area contributed by atoms with E-state index in [0.717, 1.165) is 17.0 Å². The zero-order valence-electron chi connectivity index (χ0n) is 14.6. The first-order valence-electron chi connectivity index (χ1n) is 8.05. The highest BCUT2D eigenvalue weighted by molar-refractivity contribution is 7.80. The number of halogens is 1. The molecule has 0 aliphatic carbocycles. The Balaban J connectivity index is 2.03. The van der Waals surface area contributed by atoms with E-state index in [1.165, 1.54) is 0 Å². The molecule has 2 atom stereocenters. The minimum atomic E-state index is -0.516. The molecule has 0 bridgehead atoms. The third-order valence-electron chi connectivity index (χ3n) is 3.66. The number of nitrogens with one attached hydrogen (secondary N) is 2. The van der Waals surface area contributed by atoms with Gasteiger partial charge in [-0.3, -0.25) is 4.79 Å². The van der Waals surface area contributed by atoms with E-state index in [1.54, 1.807) is 7.11 Å². The number of hydrogen-bond acceptors (Lipinski definition) is 4. The number of ether oxygens (including phenoxy) is 2. The molecule has 2 N–H and O–H groups in total. The molecule has 0 fully saturated rings. The lowest BCUT2D eigenvalue weighted by Crippen LogP contribution is -2.41. The summed E-state index contributed by atoms with van der Waals surface area (Å²) in [6.45, 7) is 1.89. The fourth-order valence-corrected chi connectivity index (χ4v) is 2.77. The van der Waals surface area contributed by atoms with Crippen LogP contribution in [0.3, 0.4) is 0 Å². The molecule has 0 radical (unpaired) electrons. The molecule has 2 rings (SSSR count). The van der Waals surface area contributed by atoms with Crippen LogP contribution in [0.2, 0.25) is 0 Å². The molecule has 0 aliphatic heterocycles. The quantitative estimate of drug-likeness (QED) is 0.423. The van der Waals surface area contributed by atoms with Crippen LogP contribution in [0.15, 0.2) is 54.6 Å². The third-order valence-corrected chi connectivity index (χ3v) is 4.09. The maximum Gasteiger partial charge on any atom is 0.321 e. The SMILES string of the molecule is COc1ccc(NC(=S)NC(C)C(OC(=O)CCl)c2ccccc2)cc1. The lowest BCUT2D eigenvalue weighted by atomic mass is 10.0. The minimum Gasteiger partial charge on any atom is -0.497 e. The number of anilines is 1. The second kappa shape index (κ2) is 9.99. The van der Waals surface area contributed by atoms with E-state index in [1.807, 2.05) is 61.5 Å². The molecule has 2 unspecified atom stereocenters.